The van der Waals surface area contributed by atoms with Crippen molar-refractivity contribution in [1.82, 2.24) is 25.1 Å². The zero-order valence-electron chi connectivity index (χ0n) is 17.5. The summed E-state index contributed by atoms with van der Waals surface area (Å²) in [7, 11) is 0. The Kier molecular flexibility index (Phi) is 6.06. The van der Waals surface area contributed by atoms with Crippen LogP contribution in [0.25, 0.3) is 11.0 Å². The van der Waals surface area contributed by atoms with Crippen molar-refractivity contribution in [2.24, 2.45) is 5.92 Å². The Bertz CT molecular complexity index is 897. The molecule has 0 aromatic carbocycles. The van der Waals surface area contributed by atoms with E-state index in [-0.39, 0.29) is 17.7 Å². The van der Waals surface area contributed by atoms with Crippen molar-refractivity contribution < 1.29 is 14.7 Å². The van der Waals surface area contributed by atoms with E-state index in [9.17, 15) is 14.7 Å². The quantitative estimate of drug-likeness (QED) is 0.676. The van der Waals surface area contributed by atoms with Gasteiger partial charge < -0.3 is 25.2 Å². The van der Waals surface area contributed by atoms with Gasteiger partial charge in [-0.05, 0) is 57.4 Å². The second-order valence-electron chi connectivity index (χ2n) is 8.67. The molecule has 0 unspecified atom stereocenters. The van der Waals surface area contributed by atoms with Crippen LogP contribution in [0.3, 0.4) is 0 Å². The standard InChI is InChI=1S/C22H31N5O3/c1-16(25-20(28)17-4-2-9-23-14-17)21(29)26-12-7-22(30,8-13-26)15-27-11-6-18-19(27)5-3-10-24-18/h3,5-6,10-11,16-17,23,30H,2,4,7-9,12-15H2,1H3,(H,25,28)/t16-,17-/m1/s1. The van der Waals surface area contributed by atoms with E-state index in [2.05, 4.69) is 15.6 Å². The van der Waals surface area contributed by atoms with Crippen molar-refractivity contribution in [3.63, 3.8) is 0 Å². The molecule has 0 bridgehead atoms. The number of piperidine rings is 2. The average molecular weight is 414 g/mol. The molecule has 3 N–H and O–H groups in total. The number of aliphatic hydroxyl groups is 1. The smallest absolute Gasteiger partial charge is 0.244 e. The Morgan fingerprint density at radius 2 is 2.17 bits per heavy atom. The van der Waals surface area contributed by atoms with E-state index in [1.165, 1.54) is 0 Å². The summed E-state index contributed by atoms with van der Waals surface area (Å²) in [6.07, 6.45) is 6.57. The van der Waals surface area contributed by atoms with Crippen molar-refractivity contribution in [2.45, 2.75) is 50.8 Å². The number of amides is 2. The largest absolute Gasteiger partial charge is 0.388 e. The van der Waals surface area contributed by atoms with Gasteiger partial charge in [0.05, 0.1) is 29.1 Å². The molecule has 2 aliphatic rings. The van der Waals surface area contributed by atoms with Crippen molar-refractivity contribution in [1.29, 1.82) is 0 Å². The molecule has 4 heterocycles. The molecule has 4 rings (SSSR count). The van der Waals surface area contributed by atoms with E-state index in [4.69, 9.17) is 0 Å². The molecular formula is C22H31N5O3. The Morgan fingerprint density at radius 3 is 2.90 bits per heavy atom. The highest BCUT2D eigenvalue weighted by molar-refractivity contribution is 5.88. The first kappa shape index (κ1) is 20.8. The number of pyridine rings is 1. The predicted molar refractivity (Wildman–Crippen MR) is 114 cm³/mol. The molecule has 8 heteroatoms. The molecule has 162 valence electrons. The van der Waals surface area contributed by atoms with Crippen LogP contribution in [0.15, 0.2) is 30.6 Å². The minimum absolute atomic E-state index is 0.0512. The van der Waals surface area contributed by atoms with Crippen LogP contribution < -0.4 is 10.6 Å². The first-order chi connectivity index (χ1) is 14.5. The third-order valence-electron chi connectivity index (χ3n) is 6.41. The minimum Gasteiger partial charge on any atom is -0.388 e. The number of hydrogen-bond acceptors (Lipinski definition) is 5. The van der Waals surface area contributed by atoms with E-state index in [0.29, 0.717) is 39.0 Å². The van der Waals surface area contributed by atoms with Gasteiger partial charge in [0.2, 0.25) is 11.8 Å². The van der Waals surface area contributed by atoms with Crippen molar-refractivity contribution in [3.8, 4) is 0 Å². The molecule has 2 atom stereocenters. The number of rotatable bonds is 5. The molecule has 30 heavy (non-hydrogen) atoms. The fourth-order valence-corrected chi connectivity index (χ4v) is 4.52. The topological polar surface area (TPSA) is 99.5 Å². The molecule has 0 saturated carbocycles. The van der Waals surface area contributed by atoms with Crippen LogP contribution in [0, 0.1) is 5.92 Å². The van der Waals surface area contributed by atoms with Crippen molar-refractivity contribution in [2.75, 3.05) is 26.2 Å². The Labute approximate surface area is 176 Å². The van der Waals surface area contributed by atoms with E-state index >= 15 is 0 Å². The summed E-state index contributed by atoms with van der Waals surface area (Å²) in [5, 5.41) is 17.2. The highest BCUT2D eigenvalue weighted by Gasteiger charge is 2.36. The van der Waals surface area contributed by atoms with Gasteiger partial charge in [-0.3, -0.25) is 14.6 Å². The molecule has 0 aliphatic carbocycles. The zero-order chi connectivity index (χ0) is 21.1. The summed E-state index contributed by atoms with van der Waals surface area (Å²) in [5.74, 6) is -0.194. The summed E-state index contributed by atoms with van der Waals surface area (Å²) in [4.78, 5) is 31.3. The lowest BCUT2D eigenvalue weighted by Crippen LogP contribution is -2.54. The van der Waals surface area contributed by atoms with Crippen LogP contribution in [0.2, 0.25) is 0 Å². The van der Waals surface area contributed by atoms with Crippen LogP contribution >= 0.6 is 0 Å². The fourth-order valence-electron chi connectivity index (χ4n) is 4.52. The first-order valence-corrected chi connectivity index (χ1v) is 10.9. The lowest BCUT2D eigenvalue weighted by molar-refractivity contribution is -0.140. The van der Waals surface area contributed by atoms with Gasteiger partial charge in [0.15, 0.2) is 0 Å². The van der Waals surface area contributed by atoms with E-state index in [1.54, 1.807) is 18.0 Å². The third kappa shape index (κ3) is 4.49. The predicted octanol–water partition coefficient (Wildman–Crippen LogP) is 0.894. The molecule has 2 saturated heterocycles. The Morgan fingerprint density at radius 1 is 1.37 bits per heavy atom. The first-order valence-electron chi connectivity index (χ1n) is 10.9. The second-order valence-corrected chi connectivity index (χ2v) is 8.67. The van der Waals surface area contributed by atoms with Crippen LogP contribution in [-0.2, 0) is 16.1 Å². The van der Waals surface area contributed by atoms with Gasteiger partial charge in [0.25, 0.3) is 0 Å². The molecule has 2 amide bonds. The number of likely N-dealkylation sites (tertiary alicyclic amines) is 1. The van der Waals surface area contributed by atoms with Crippen molar-refractivity contribution in [3.05, 3.63) is 30.6 Å². The van der Waals surface area contributed by atoms with Gasteiger partial charge in [0.1, 0.15) is 6.04 Å². The maximum atomic E-state index is 12.8. The van der Waals surface area contributed by atoms with Gasteiger partial charge in [-0.1, -0.05) is 0 Å². The maximum absolute atomic E-state index is 12.8. The van der Waals surface area contributed by atoms with E-state index in [1.807, 2.05) is 29.0 Å². The lowest BCUT2D eigenvalue weighted by Gasteiger charge is -2.39. The molecule has 0 radical (unpaired) electrons. The molecule has 2 aliphatic heterocycles. The summed E-state index contributed by atoms with van der Waals surface area (Å²) in [5.41, 5.74) is 1.04. The van der Waals surface area contributed by atoms with Crippen LogP contribution in [0.1, 0.15) is 32.6 Å². The lowest BCUT2D eigenvalue weighted by atomic mass is 9.91. The number of fused-ring (bicyclic) bond motifs is 1. The van der Waals surface area contributed by atoms with Gasteiger partial charge in [0, 0.05) is 32.0 Å². The number of hydrogen-bond donors (Lipinski definition) is 3. The molecular weight excluding hydrogens is 382 g/mol. The Balaban J connectivity index is 1.30. The number of nitrogens with zero attached hydrogens (tertiary/aromatic N) is 3. The molecule has 8 nitrogen and oxygen atoms in total. The molecule has 2 fully saturated rings. The minimum atomic E-state index is -0.862. The van der Waals surface area contributed by atoms with Gasteiger partial charge in [-0.15, -0.1) is 0 Å². The number of carbonyl (C=O) groups is 2. The van der Waals surface area contributed by atoms with Crippen LogP contribution in [-0.4, -0.2) is 69.2 Å². The molecule has 2 aromatic rings. The Hall–Kier alpha value is -2.45. The third-order valence-corrected chi connectivity index (χ3v) is 6.41. The second kappa shape index (κ2) is 8.73. The fraction of sp³-hybridized carbons (Fsp3) is 0.591. The highest BCUT2D eigenvalue weighted by atomic mass is 16.3. The normalized spacial score (nSPS) is 22.6. The number of nitrogens with one attached hydrogen (secondary N) is 2. The summed E-state index contributed by atoms with van der Waals surface area (Å²) >= 11 is 0. The number of aromatic nitrogens is 2. The van der Waals surface area contributed by atoms with Gasteiger partial charge in [-0.2, -0.15) is 0 Å². The van der Waals surface area contributed by atoms with E-state index in [0.717, 1.165) is 30.4 Å². The average Bonchev–Trinajstić information content (AvgIpc) is 3.16. The number of carbonyl (C=O) groups excluding carboxylic acids is 2. The van der Waals surface area contributed by atoms with Gasteiger partial charge in [-0.25, -0.2) is 0 Å². The van der Waals surface area contributed by atoms with E-state index < -0.39 is 11.6 Å². The summed E-state index contributed by atoms with van der Waals surface area (Å²) in [6.45, 7) is 4.81. The summed E-state index contributed by atoms with van der Waals surface area (Å²) < 4.78 is 2.03. The van der Waals surface area contributed by atoms with Crippen molar-refractivity contribution >= 4 is 22.8 Å². The SMILES string of the molecule is C[C@@H](NC(=O)[C@@H]1CCCNC1)C(=O)N1CCC(O)(Cn2ccc3ncccc32)CC1. The van der Waals surface area contributed by atoms with Crippen LogP contribution in [0.4, 0.5) is 0 Å². The molecule has 2 aromatic heterocycles. The summed E-state index contributed by atoms with van der Waals surface area (Å²) in [6, 6.07) is 5.29. The maximum Gasteiger partial charge on any atom is 0.244 e. The monoisotopic (exact) mass is 413 g/mol. The highest BCUT2D eigenvalue weighted by Crippen LogP contribution is 2.26. The zero-order valence-corrected chi connectivity index (χ0v) is 17.5. The molecule has 0 spiro atoms. The van der Waals surface area contributed by atoms with Gasteiger partial charge >= 0.3 is 0 Å². The van der Waals surface area contributed by atoms with Crippen LogP contribution in [0.5, 0.6) is 0 Å².